The maximum Gasteiger partial charge on any atom is 0.320 e. The number of amides is 2. The fourth-order valence-corrected chi connectivity index (χ4v) is 4.77. The van der Waals surface area contributed by atoms with Gasteiger partial charge in [0.05, 0.1) is 12.4 Å². The number of nitrogens with zero attached hydrogens (tertiary/aromatic N) is 5. The second kappa shape index (κ2) is 7.35. The highest BCUT2D eigenvalue weighted by molar-refractivity contribution is 5.75. The first-order valence-corrected chi connectivity index (χ1v) is 9.76. The summed E-state index contributed by atoms with van der Waals surface area (Å²) in [5.74, 6) is 1.04. The third kappa shape index (κ3) is 3.46. The number of rotatable bonds is 4. The highest BCUT2D eigenvalue weighted by Gasteiger charge is 2.49. The van der Waals surface area contributed by atoms with E-state index in [0.29, 0.717) is 11.8 Å². The molecule has 2 aliphatic rings. The van der Waals surface area contributed by atoms with Crippen molar-refractivity contribution in [3.05, 3.63) is 54.1 Å². The molecule has 0 spiro atoms. The van der Waals surface area contributed by atoms with Crippen molar-refractivity contribution in [2.75, 3.05) is 40.3 Å². The van der Waals surface area contributed by atoms with Gasteiger partial charge >= 0.3 is 6.03 Å². The lowest BCUT2D eigenvalue weighted by Gasteiger charge is -2.32. The van der Waals surface area contributed by atoms with Gasteiger partial charge in [-0.2, -0.15) is 0 Å². The summed E-state index contributed by atoms with van der Waals surface area (Å²) in [6.45, 7) is 7.13. The lowest BCUT2D eigenvalue weighted by molar-refractivity contribution is 0.152. The average Bonchev–Trinajstić information content (AvgIpc) is 3.35. The molecule has 144 valence electrons. The van der Waals surface area contributed by atoms with E-state index in [1.807, 2.05) is 32.8 Å². The van der Waals surface area contributed by atoms with Gasteiger partial charge in [-0.15, -0.1) is 0 Å². The molecule has 2 amide bonds. The molecule has 6 nitrogen and oxygen atoms in total. The van der Waals surface area contributed by atoms with E-state index < -0.39 is 0 Å². The third-order valence-corrected chi connectivity index (χ3v) is 6.11. The number of carbonyl (C=O) groups excluding carboxylic acids is 1. The summed E-state index contributed by atoms with van der Waals surface area (Å²) < 4.78 is 2.13. The van der Waals surface area contributed by atoms with Crippen molar-refractivity contribution in [3.8, 4) is 0 Å². The standard InChI is InChI=1S/C21H29N5O/c1-16-6-4-5-7-18(16)20-19-14-25(11-10-24-9-8-22-15-24)12-17(19)13-26(20)21(27)23(2)3/h4-9,15,17,19-20H,10-14H2,1-3H3/t17-,19-,20+/m1/s1. The van der Waals surface area contributed by atoms with Gasteiger partial charge in [-0.05, 0) is 24.0 Å². The Bertz CT molecular complexity index is 788. The molecule has 2 aromatic rings. The number of fused-ring (bicyclic) bond motifs is 1. The van der Waals surface area contributed by atoms with Crippen molar-refractivity contribution in [2.24, 2.45) is 11.8 Å². The summed E-state index contributed by atoms with van der Waals surface area (Å²) in [5, 5.41) is 0. The van der Waals surface area contributed by atoms with Gasteiger partial charge in [-0.25, -0.2) is 9.78 Å². The average molecular weight is 367 g/mol. The van der Waals surface area contributed by atoms with E-state index in [1.54, 1.807) is 4.90 Å². The van der Waals surface area contributed by atoms with E-state index in [2.05, 4.69) is 50.5 Å². The molecular weight excluding hydrogens is 338 g/mol. The number of imidazole rings is 1. The highest BCUT2D eigenvalue weighted by atomic mass is 16.2. The van der Waals surface area contributed by atoms with Gasteiger partial charge in [0.25, 0.3) is 0 Å². The smallest absolute Gasteiger partial charge is 0.320 e. The van der Waals surface area contributed by atoms with Crippen molar-refractivity contribution >= 4 is 6.03 Å². The number of aryl methyl sites for hydroxylation is 1. The molecule has 27 heavy (non-hydrogen) atoms. The van der Waals surface area contributed by atoms with Gasteiger partial charge in [0.15, 0.2) is 0 Å². The fraction of sp³-hybridized carbons (Fsp3) is 0.524. The maximum atomic E-state index is 12.9. The summed E-state index contributed by atoms with van der Waals surface area (Å²) in [6, 6.07) is 8.83. The molecule has 0 radical (unpaired) electrons. The second-order valence-electron chi connectivity index (χ2n) is 8.11. The first-order valence-electron chi connectivity index (χ1n) is 9.76. The van der Waals surface area contributed by atoms with Crippen LogP contribution in [0.1, 0.15) is 17.2 Å². The molecule has 2 aliphatic heterocycles. The van der Waals surface area contributed by atoms with Gasteiger partial charge in [-0.3, -0.25) is 0 Å². The number of hydrogen-bond donors (Lipinski definition) is 0. The first-order chi connectivity index (χ1) is 13.0. The van der Waals surface area contributed by atoms with Crippen molar-refractivity contribution in [3.63, 3.8) is 0 Å². The number of carbonyl (C=O) groups is 1. The predicted molar refractivity (Wildman–Crippen MR) is 105 cm³/mol. The van der Waals surface area contributed by atoms with Crippen LogP contribution in [0.5, 0.6) is 0 Å². The third-order valence-electron chi connectivity index (χ3n) is 6.11. The molecule has 6 heteroatoms. The molecule has 3 heterocycles. The molecule has 2 fully saturated rings. The first kappa shape index (κ1) is 18.0. The van der Waals surface area contributed by atoms with Crippen LogP contribution in [0.2, 0.25) is 0 Å². The Morgan fingerprint density at radius 1 is 1.19 bits per heavy atom. The molecule has 0 unspecified atom stereocenters. The van der Waals surface area contributed by atoms with Crippen LogP contribution in [0, 0.1) is 18.8 Å². The van der Waals surface area contributed by atoms with Crippen molar-refractivity contribution in [1.82, 2.24) is 24.3 Å². The minimum absolute atomic E-state index is 0.127. The van der Waals surface area contributed by atoms with Crippen LogP contribution < -0.4 is 0 Å². The monoisotopic (exact) mass is 367 g/mol. The topological polar surface area (TPSA) is 44.6 Å². The SMILES string of the molecule is Cc1ccccc1[C@H]1[C@@H]2CN(CCn3ccnc3)C[C@@H]2CN1C(=O)N(C)C. The van der Waals surface area contributed by atoms with E-state index >= 15 is 0 Å². The van der Waals surface area contributed by atoms with Gasteiger partial charge in [0.2, 0.25) is 0 Å². The van der Waals surface area contributed by atoms with Crippen LogP contribution >= 0.6 is 0 Å². The molecular formula is C21H29N5O. The molecule has 1 aromatic heterocycles. The molecule has 4 rings (SSSR count). The van der Waals surface area contributed by atoms with Crippen LogP contribution in [0.25, 0.3) is 0 Å². The number of aromatic nitrogens is 2. The Labute approximate surface area is 161 Å². The minimum atomic E-state index is 0.127. The Morgan fingerprint density at radius 3 is 2.70 bits per heavy atom. The zero-order valence-electron chi connectivity index (χ0n) is 16.5. The predicted octanol–water partition coefficient (Wildman–Crippen LogP) is 2.48. The minimum Gasteiger partial charge on any atom is -0.336 e. The molecule has 3 atom stereocenters. The van der Waals surface area contributed by atoms with Crippen LogP contribution in [-0.4, -0.2) is 70.6 Å². The van der Waals surface area contributed by atoms with Crippen molar-refractivity contribution in [2.45, 2.75) is 19.5 Å². The molecule has 2 saturated heterocycles. The van der Waals surface area contributed by atoms with Crippen LogP contribution in [0.15, 0.2) is 43.0 Å². The zero-order valence-corrected chi connectivity index (χ0v) is 16.5. The Kier molecular flexibility index (Phi) is 4.91. The lowest BCUT2D eigenvalue weighted by atomic mass is 9.88. The Balaban J connectivity index is 1.54. The number of likely N-dealkylation sites (tertiary alicyclic amines) is 2. The molecule has 0 N–H and O–H groups in total. The van der Waals surface area contributed by atoms with Crippen LogP contribution in [0.4, 0.5) is 4.79 Å². The maximum absolute atomic E-state index is 12.9. The molecule has 0 aliphatic carbocycles. The van der Waals surface area contributed by atoms with E-state index in [-0.39, 0.29) is 12.1 Å². The van der Waals surface area contributed by atoms with Gasteiger partial charge < -0.3 is 19.3 Å². The normalized spacial score (nSPS) is 25.0. The number of benzene rings is 1. The van der Waals surface area contributed by atoms with E-state index in [4.69, 9.17) is 0 Å². The van der Waals surface area contributed by atoms with Crippen LogP contribution in [-0.2, 0) is 6.54 Å². The molecule has 0 saturated carbocycles. The summed E-state index contributed by atoms with van der Waals surface area (Å²) in [6.07, 6.45) is 5.73. The number of urea groups is 1. The molecule has 1 aromatic carbocycles. The van der Waals surface area contributed by atoms with E-state index in [0.717, 1.165) is 32.7 Å². The Hall–Kier alpha value is -2.34. The quantitative estimate of drug-likeness (QED) is 0.834. The van der Waals surface area contributed by atoms with Gasteiger partial charge in [0.1, 0.15) is 0 Å². The summed E-state index contributed by atoms with van der Waals surface area (Å²) in [4.78, 5) is 23.4. The van der Waals surface area contributed by atoms with E-state index in [9.17, 15) is 4.79 Å². The second-order valence-corrected chi connectivity index (χ2v) is 8.11. The lowest BCUT2D eigenvalue weighted by Crippen LogP contribution is -2.41. The highest BCUT2D eigenvalue weighted by Crippen LogP contribution is 2.46. The summed E-state index contributed by atoms with van der Waals surface area (Å²) in [7, 11) is 3.70. The fourth-order valence-electron chi connectivity index (χ4n) is 4.77. The van der Waals surface area contributed by atoms with Crippen LogP contribution in [0.3, 0.4) is 0 Å². The zero-order chi connectivity index (χ0) is 19.0. The largest absolute Gasteiger partial charge is 0.336 e. The van der Waals surface area contributed by atoms with Crippen molar-refractivity contribution in [1.29, 1.82) is 0 Å². The number of hydrogen-bond acceptors (Lipinski definition) is 3. The van der Waals surface area contributed by atoms with Gasteiger partial charge in [0, 0.05) is 65.1 Å². The summed E-state index contributed by atoms with van der Waals surface area (Å²) >= 11 is 0. The van der Waals surface area contributed by atoms with E-state index in [1.165, 1.54) is 11.1 Å². The Morgan fingerprint density at radius 2 is 2.00 bits per heavy atom. The van der Waals surface area contributed by atoms with Crippen molar-refractivity contribution < 1.29 is 4.79 Å². The molecule has 0 bridgehead atoms. The summed E-state index contributed by atoms with van der Waals surface area (Å²) in [5.41, 5.74) is 2.58. The van der Waals surface area contributed by atoms with Gasteiger partial charge in [-0.1, -0.05) is 24.3 Å².